The molecular weight excluding hydrogens is 336 g/mol. The standard InChI is InChI=1S/C14H9BrN4O2/c15-14-13(10-6-2-1-3-7-10)16-17-18(14)11-8-4-5-9-12(11)19(20)21/h1-9H. The molecule has 2 aromatic carbocycles. The van der Waals surface area contributed by atoms with Gasteiger partial charge in [-0.1, -0.05) is 47.7 Å². The van der Waals surface area contributed by atoms with Gasteiger partial charge in [-0.3, -0.25) is 10.1 Å². The number of aromatic nitrogens is 3. The Morgan fingerprint density at radius 2 is 1.71 bits per heavy atom. The van der Waals surface area contributed by atoms with E-state index in [9.17, 15) is 10.1 Å². The molecule has 0 aliphatic heterocycles. The molecule has 0 bridgehead atoms. The Morgan fingerprint density at radius 3 is 2.43 bits per heavy atom. The van der Waals surface area contributed by atoms with Crippen molar-refractivity contribution >= 4 is 21.6 Å². The van der Waals surface area contributed by atoms with Crippen LogP contribution in [0.2, 0.25) is 0 Å². The molecule has 0 spiro atoms. The molecule has 104 valence electrons. The van der Waals surface area contributed by atoms with Crippen LogP contribution >= 0.6 is 15.9 Å². The maximum atomic E-state index is 11.1. The molecule has 0 fully saturated rings. The lowest BCUT2D eigenvalue weighted by molar-refractivity contribution is -0.384. The number of hydrogen-bond donors (Lipinski definition) is 0. The van der Waals surface area contributed by atoms with Gasteiger partial charge in [-0.2, -0.15) is 4.68 Å². The second-order valence-corrected chi connectivity index (χ2v) is 5.00. The molecule has 7 heteroatoms. The minimum Gasteiger partial charge on any atom is -0.258 e. The number of nitrogens with zero attached hydrogens (tertiary/aromatic N) is 4. The van der Waals surface area contributed by atoms with Crippen molar-refractivity contribution in [2.75, 3.05) is 0 Å². The van der Waals surface area contributed by atoms with E-state index in [-0.39, 0.29) is 5.69 Å². The van der Waals surface area contributed by atoms with Crippen LogP contribution < -0.4 is 0 Å². The quantitative estimate of drug-likeness (QED) is 0.537. The van der Waals surface area contributed by atoms with Crippen molar-refractivity contribution in [2.24, 2.45) is 0 Å². The smallest absolute Gasteiger partial charge is 0.258 e. The van der Waals surface area contributed by atoms with Crippen LogP contribution in [-0.4, -0.2) is 19.9 Å². The first-order valence-corrected chi connectivity index (χ1v) is 6.88. The minimum atomic E-state index is -0.439. The largest absolute Gasteiger partial charge is 0.294 e. The molecular formula is C14H9BrN4O2. The molecule has 0 aliphatic carbocycles. The first-order valence-electron chi connectivity index (χ1n) is 6.09. The fourth-order valence-electron chi connectivity index (χ4n) is 1.99. The third-order valence-electron chi connectivity index (χ3n) is 2.97. The van der Waals surface area contributed by atoms with Crippen LogP contribution in [0.15, 0.2) is 59.2 Å². The molecule has 0 atom stereocenters. The summed E-state index contributed by atoms with van der Waals surface area (Å²) in [4.78, 5) is 10.7. The van der Waals surface area contributed by atoms with Gasteiger partial charge in [0.1, 0.15) is 16.0 Å². The number of hydrogen-bond acceptors (Lipinski definition) is 4. The maximum absolute atomic E-state index is 11.1. The lowest BCUT2D eigenvalue weighted by atomic mass is 10.2. The highest BCUT2D eigenvalue weighted by Crippen LogP contribution is 2.30. The molecule has 0 amide bonds. The zero-order valence-electron chi connectivity index (χ0n) is 10.7. The van der Waals surface area contributed by atoms with Crippen LogP contribution in [0.1, 0.15) is 0 Å². The normalized spacial score (nSPS) is 10.5. The second kappa shape index (κ2) is 5.45. The van der Waals surface area contributed by atoms with E-state index >= 15 is 0 Å². The summed E-state index contributed by atoms with van der Waals surface area (Å²) in [6, 6.07) is 15.9. The summed E-state index contributed by atoms with van der Waals surface area (Å²) in [5.74, 6) is 0. The van der Waals surface area contributed by atoms with Crippen LogP contribution in [0.5, 0.6) is 0 Å². The Morgan fingerprint density at radius 1 is 1.05 bits per heavy atom. The van der Waals surface area contributed by atoms with E-state index in [4.69, 9.17) is 0 Å². The summed E-state index contributed by atoms with van der Waals surface area (Å²) in [7, 11) is 0. The molecule has 0 radical (unpaired) electrons. The summed E-state index contributed by atoms with van der Waals surface area (Å²) < 4.78 is 1.99. The van der Waals surface area contributed by atoms with Crippen LogP contribution in [0.4, 0.5) is 5.69 Å². The summed E-state index contributed by atoms with van der Waals surface area (Å²) in [6.07, 6.45) is 0. The summed E-state index contributed by atoms with van der Waals surface area (Å²) >= 11 is 3.42. The van der Waals surface area contributed by atoms with Gasteiger partial charge in [0, 0.05) is 11.6 Å². The number of nitro groups is 1. The Balaban J connectivity index is 2.14. The van der Waals surface area contributed by atoms with Gasteiger partial charge in [-0.05, 0) is 22.0 Å². The molecule has 0 aliphatic rings. The Kier molecular flexibility index (Phi) is 3.49. The van der Waals surface area contributed by atoms with Crippen molar-refractivity contribution in [3.63, 3.8) is 0 Å². The lowest BCUT2D eigenvalue weighted by Crippen LogP contribution is -2.01. The average Bonchev–Trinajstić information content (AvgIpc) is 2.89. The molecule has 1 heterocycles. The molecule has 1 aromatic heterocycles. The number of nitro benzene ring substituents is 1. The van der Waals surface area contributed by atoms with Gasteiger partial charge in [-0.15, -0.1) is 5.10 Å². The molecule has 3 rings (SSSR count). The monoisotopic (exact) mass is 344 g/mol. The van der Waals surface area contributed by atoms with Crippen LogP contribution in [0, 0.1) is 10.1 Å². The van der Waals surface area contributed by atoms with E-state index in [0.717, 1.165) is 5.56 Å². The van der Waals surface area contributed by atoms with Crippen LogP contribution in [0.3, 0.4) is 0 Å². The van der Waals surface area contributed by atoms with Gasteiger partial charge in [-0.25, -0.2) is 0 Å². The van der Waals surface area contributed by atoms with Crippen LogP contribution in [0.25, 0.3) is 16.9 Å². The van der Waals surface area contributed by atoms with Gasteiger partial charge >= 0.3 is 0 Å². The van der Waals surface area contributed by atoms with E-state index in [1.165, 1.54) is 10.7 Å². The van der Waals surface area contributed by atoms with Gasteiger partial charge in [0.05, 0.1) is 4.92 Å². The van der Waals surface area contributed by atoms with Crippen LogP contribution in [-0.2, 0) is 0 Å². The fourth-order valence-corrected chi connectivity index (χ4v) is 2.56. The van der Waals surface area contributed by atoms with E-state index < -0.39 is 4.92 Å². The second-order valence-electron chi connectivity index (χ2n) is 4.25. The van der Waals surface area contributed by atoms with E-state index in [1.807, 2.05) is 30.3 Å². The van der Waals surface area contributed by atoms with Crippen molar-refractivity contribution in [3.8, 4) is 16.9 Å². The van der Waals surface area contributed by atoms with Gasteiger partial charge in [0.2, 0.25) is 0 Å². The summed E-state index contributed by atoms with van der Waals surface area (Å²) in [6.45, 7) is 0. The SMILES string of the molecule is O=[N+]([O-])c1ccccc1-n1nnc(-c2ccccc2)c1Br. The van der Waals surface area contributed by atoms with E-state index in [2.05, 4.69) is 26.2 Å². The molecule has 0 N–H and O–H groups in total. The average molecular weight is 345 g/mol. The predicted octanol–water partition coefficient (Wildman–Crippen LogP) is 3.61. The molecule has 6 nitrogen and oxygen atoms in total. The number of benzene rings is 2. The lowest BCUT2D eigenvalue weighted by Gasteiger charge is -2.03. The Bertz CT molecular complexity index is 802. The van der Waals surface area contributed by atoms with Crippen molar-refractivity contribution in [1.29, 1.82) is 0 Å². The highest BCUT2D eigenvalue weighted by Gasteiger charge is 2.20. The maximum Gasteiger partial charge on any atom is 0.294 e. The highest BCUT2D eigenvalue weighted by molar-refractivity contribution is 9.10. The minimum absolute atomic E-state index is 0.0253. The molecule has 21 heavy (non-hydrogen) atoms. The molecule has 0 unspecified atom stereocenters. The first-order chi connectivity index (χ1) is 10.2. The van der Waals surface area contributed by atoms with E-state index in [1.54, 1.807) is 18.2 Å². The van der Waals surface area contributed by atoms with Gasteiger partial charge in [0.15, 0.2) is 0 Å². The van der Waals surface area contributed by atoms with Gasteiger partial charge in [0.25, 0.3) is 5.69 Å². The zero-order chi connectivity index (χ0) is 14.8. The predicted molar refractivity (Wildman–Crippen MR) is 81.1 cm³/mol. The van der Waals surface area contributed by atoms with Gasteiger partial charge < -0.3 is 0 Å². The molecule has 3 aromatic rings. The van der Waals surface area contributed by atoms with Crippen molar-refractivity contribution in [2.45, 2.75) is 0 Å². The number of halogens is 1. The third-order valence-corrected chi connectivity index (χ3v) is 3.68. The molecule has 0 saturated carbocycles. The van der Waals surface area contributed by atoms with Crippen molar-refractivity contribution in [1.82, 2.24) is 15.0 Å². The zero-order valence-corrected chi connectivity index (χ0v) is 12.3. The van der Waals surface area contributed by atoms with Crippen molar-refractivity contribution < 1.29 is 4.92 Å². The molecule has 0 saturated heterocycles. The highest BCUT2D eigenvalue weighted by atomic mass is 79.9. The topological polar surface area (TPSA) is 73.8 Å². The Hall–Kier alpha value is -2.54. The van der Waals surface area contributed by atoms with Crippen molar-refractivity contribution in [3.05, 3.63) is 69.3 Å². The summed E-state index contributed by atoms with van der Waals surface area (Å²) in [5.41, 5.74) is 1.86. The number of rotatable bonds is 3. The summed E-state index contributed by atoms with van der Waals surface area (Å²) in [5, 5.41) is 19.2. The number of para-hydroxylation sites is 2. The van der Waals surface area contributed by atoms with E-state index in [0.29, 0.717) is 16.0 Å². The third kappa shape index (κ3) is 2.43. The fraction of sp³-hybridized carbons (Fsp3) is 0. The first kappa shape index (κ1) is 13.4. The Labute approximate surface area is 128 Å².